The minimum atomic E-state index is -1.17. The Bertz CT molecular complexity index is 1310. The Balaban J connectivity index is 1.42. The van der Waals surface area contributed by atoms with E-state index in [1.165, 1.54) is 11.8 Å². The number of hydrogen-bond acceptors (Lipinski definition) is 4. The highest BCUT2D eigenvalue weighted by Gasteiger charge is 2.36. The van der Waals surface area contributed by atoms with Crippen LogP contribution >= 0.6 is 0 Å². The Kier molecular flexibility index (Phi) is 8.37. The third-order valence-electron chi connectivity index (χ3n) is 6.40. The van der Waals surface area contributed by atoms with Crippen molar-refractivity contribution in [3.8, 4) is 11.1 Å². The van der Waals surface area contributed by atoms with Gasteiger partial charge in [0.25, 0.3) is 0 Å². The molecule has 196 valence electrons. The van der Waals surface area contributed by atoms with Gasteiger partial charge in [-0.25, -0.2) is 9.59 Å². The Morgan fingerprint density at radius 1 is 0.921 bits per heavy atom. The molecule has 3 aromatic carbocycles. The summed E-state index contributed by atoms with van der Waals surface area (Å²) in [6.07, 6.45) is 1.14. The fraction of sp³-hybridized carbons (Fsp3) is 0.241. The van der Waals surface area contributed by atoms with Crippen LogP contribution in [0.15, 0.2) is 78.9 Å². The quantitative estimate of drug-likeness (QED) is 0.360. The number of rotatable bonds is 8. The number of nitrogens with one attached hydrogen (secondary N) is 3. The molecule has 0 aromatic heterocycles. The molecule has 0 bridgehead atoms. The van der Waals surface area contributed by atoms with Crippen LogP contribution in [-0.2, 0) is 20.8 Å². The Morgan fingerprint density at radius 2 is 1.61 bits per heavy atom. The number of carbonyl (C=O) groups is 4. The first-order valence-electron chi connectivity index (χ1n) is 12.4. The molecular weight excluding hydrogens is 484 g/mol. The maximum absolute atomic E-state index is 13.2. The van der Waals surface area contributed by atoms with Gasteiger partial charge in [0.15, 0.2) is 0 Å². The van der Waals surface area contributed by atoms with Crippen LogP contribution in [0.5, 0.6) is 0 Å². The molecule has 9 heteroatoms. The fourth-order valence-electron chi connectivity index (χ4n) is 4.56. The average Bonchev–Trinajstić information content (AvgIpc) is 3.40. The number of carboxylic acid groups (broad SMARTS) is 1. The van der Waals surface area contributed by atoms with Crippen molar-refractivity contribution >= 4 is 35.2 Å². The third kappa shape index (κ3) is 6.56. The van der Waals surface area contributed by atoms with Crippen LogP contribution in [0, 0.1) is 0 Å². The topological polar surface area (TPSA) is 128 Å². The average molecular weight is 515 g/mol. The zero-order valence-corrected chi connectivity index (χ0v) is 21.0. The largest absolute Gasteiger partial charge is 0.480 e. The second-order valence-corrected chi connectivity index (χ2v) is 9.17. The SMILES string of the molecule is CC(=O)Nc1ccc(C[C@H](NC(=O)C2CCCN2C(=O)Nc2ccccc2-c2ccccc2)C(=O)O)cc1. The highest BCUT2D eigenvalue weighted by Crippen LogP contribution is 2.28. The first-order valence-corrected chi connectivity index (χ1v) is 12.4. The Labute approximate surface area is 220 Å². The lowest BCUT2D eigenvalue weighted by Crippen LogP contribution is -2.52. The second kappa shape index (κ2) is 12.1. The van der Waals surface area contributed by atoms with Gasteiger partial charge in [-0.1, -0.05) is 60.7 Å². The molecule has 0 radical (unpaired) electrons. The van der Waals surface area contributed by atoms with Crippen LogP contribution in [0.1, 0.15) is 25.3 Å². The summed E-state index contributed by atoms with van der Waals surface area (Å²) in [4.78, 5) is 50.9. The van der Waals surface area contributed by atoms with Crippen LogP contribution in [-0.4, -0.2) is 52.4 Å². The molecule has 1 unspecified atom stereocenters. The summed E-state index contributed by atoms with van der Waals surface area (Å²) in [7, 11) is 0. The van der Waals surface area contributed by atoms with Crippen molar-refractivity contribution in [2.24, 2.45) is 0 Å². The van der Waals surface area contributed by atoms with E-state index >= 15 is 0 Å². The number of likely N-dealkylation sites (tertiary alicyclic amines) is 1. The van der Waals surface area contributed by atoms with Crippen molar-refractivity contribution < 1.29 is 24.3 Å². The predicted octanol–water partition coefficient (Wildman–Crippen LogP) is 4.12. The number of hydrogen-bond donors (Lipinski definition) is 4. The van der Waals surface area contributed by atoms with Crippen LogP contribution in [0.3, 0.4) is 0 Å². The van der Waals surface area contributed by atoms with Crippen LogP contribution in [0.2, 0.25) is 0 Å². The van der Waals surface area contributed by atoms with Gasteiger partial charge in [-0.05, 0) is 42.2 Å². The normalized spacial score (nSPS) is 15.4. The number of nitrogens with zero attached hydrogens (tertiary/aromatic N) is 1. The monoisotopic (exact) mass is 514 g/mol. The van der Waals surface area contributed by atoms with Crippen LogP contribution in [0.4, 0.5) is 16.2 Å². The van der Waals surface area contributed by atoms with E-state index in [1.54, 1.807) is 24.3 Å². The number of carboxylic acids is 1. The van der Waals surface area contributed by atoms with Crippen LogP contribution in [0.25, 0.3) is 11.1 Å². The molecule has 3 aromatic rings. The second-order valence-electron chi connectivity index (χ2n) is 9.17. The summed E-state index contributed by atoms with van der Waals surface area (Å²) in [5, 5.41) is 17.9. The molecular formula is C29H30N4O5. The molecule has 4 rings (SSSR count). The minimum Gasteiger partial charge on any atom is -0.480 e. The maximum Gasteiger partial charge on any atom is 0.326 e. The van der Waals surface area contributed by atoms with E-state index in [0.29, 0.717) is 36.3 Å². The van der Waals surface area contributed by atoms with Gasteiger partial charge in [0.2, 0.25) is 11.8 Å². The molecule has 38 heavy (non-hydrogen) atoms. The minimum absolute atomic E-state index is 0.0603. The number of amides is 4. The molecule has 1 fully saturated rings. The molecule has 1 aliphatic rings. The fourth-order valence-corrected chi connectivity index (χ4v) is 4.56. The number of aliphatic carboxylic acids is 1. The van der Waals surface area contributed by atoms with Crippen molar-refractivity contribution in [1.82, 2.24) is 10.2 Å². The number of carbonyl (C=O) groups excluding carboxylic acids is 3. The van der Waals surface area contributed by atoms with E-state index < -0.39 is 30.0 Å². The molecule has 4 N–H and O–H groups in total. The lowest BCUT2D eigenvalue weighted by Gasteiger charge is -2.26. The van der Waals surface area contributed by atoms with E-state index in [0.717, 1.165) is 11.1 Å². The molecule has 0 saturated carbocycles. The number of para-hydroxylation sites is 1. The molecule has 1 heterocycles. The summed E-state index contributed by atoms with van der Waals surface area (Å²) < 4.78 is 0. The summed E-state index contributed by atoms with van der Waals surface area (Å²) in [5.41, 5.74) is 3.72. The first kappa shape index (κ1) is 26.4. The maximum atomic E-state index is 13.2. The van der Waals surface area contributed by atoms with Crippen molar-refractivity contribution in [2.75, 3.05) is 17.2 Å². The smallest absolute Gasteiger partial charge is 0.326 e. The van der Waals surface area contributed by atoms with Crippen molar-refractivity contribution in [3.05, 3.63) is 84.4 Å². The van der Waals surface area contributed by atoms with Crippen LogP contribution < -0.4 is 16.0 Å². The van der Waals surface area contributed by atoms with Gasteiger partial charge in [0.1, 0.15) is 12.1 Å². The summed E-state index contributed by atoms with van der Waals surface area (Å²) in [6, 6.07) is 21.5. The first-order chi connectivity index (χ1) is 18.3. The van der Waals surface area contributed by atoms with E-state index in [4.69, 9.17) is 0 Å². The molecule has 2 atom stereocenters. The molecule has 0 spiro atoms. The summed E-state index contributed by atoms with van der Waals surface area (Å²) >= 11 is 0. The zero-order valence-electron chi connectivity index (χ0n) is 21.0. The van der Waals surface area contributed by atoms with E-state index in [-0.39, 0.29) is 12.3 Å². The molecule has 9 nitrogen and oxygen atoms in total. The lowest BCUT2D eigenvalue weighted by molar-refractivity contribution is -0.142. The van der Waals surface area contributed by atoms with Gasteiger partial charge in [0, 0.05) is 31.1 Å². The van der Waals surface area contributed by atoms with E-state index in [9.17, 15) is 24.3 Å². The van der Waals surface area contributed by atoms with Gasteiger partial charge in [0.05, 0.1) is 5.69 Å². The molecule has 4 amide bonds. The van der Waals surface area contributed by atoms with E-state index in [1.807, 2.05) is 54.6 Å². The van der Waals surface area contributed by atoms with Gasteiger partial charge >= 0.3 is 12.0 Å². The highest BCUT2D eigenvalue weighted by molar-refractivity contribution is 5.98. The van der Waals surface area contributed by atoms with E-state index in [2.05, 4.69) is 16.0 Å². The molecule has 1 saturated heterocycles. The van der Waals surface area contributed by atoms with Crippen molar-refractivity contribution in [3.63, 3.8) is 0 Å². The summed E-state index contributed by atoms with van der Waals surface area (Å²) in [5.74, 6) is -1.88. The molecule has 0 aliphatic carbocycles. The number of anilines is 2. The molecule has 1 aliphatic heterocycles. The standard InChI is InChI=1S/C29H30N4O5/c1-19(34)30-22-15-13-20(14-16-22)18-25(28(36)37)31-27(35)26-12-7-17-33(26)29(38)32-24-11-6-5-10-23(24)21-8-3-2-4-9-21/h2-6,8-11,13-16,25-26H,7,12,17-18H2,1H3,(H,30,34)(H,31,35)(H,32,38)(H,36,37)/t25-,26?/m0/s1. The summed E-state index contributed by atoms with van der Waals surface area (Å²) in [6.45, 7) is 1.79. The van der Waals surface area contributed by atoms with Gasteiger partial charge in [-0.2, -0.15) is 0 Å². The zero-order chi connectivity index (χ0) is 27.1. The third-order valence-corrected chi connectivity index (χ3v) is 6.40. The number of benzene rings is 3. The highest BCUT2D eigenvalue weighted by atomic mass is 16.4. The number of urea groups is 1. The predicted molar refractivity (Wildman–Crippen MR) is 145 cm³/mol. The van der Waals surface area contributed by atoms with Gasteiger partial charge < -0.3 is 26.0 Å². The van der Waals surface area contributed by atoms with Gasteiger partial charge in [-0.15, -0.1) is 0 Å². The van der Waals surface area contributed by atoms with Crippen molar-refractivity contribution in [1.29, 1.82) is 0 Å². The van der Waals surface area contributed by atoms with Gasteiger partial charge in [-0.3, -0.25) is 9.59 Å². The Hall–Kier alpha value is -4.66. The Morgan fingerprint density at radius 3 is 2.29 bits per heavy atom. The lowest BCUT2D eigenvalue weighted by atomic mass is 10.0. The van der Waals surface area contributed by atoms with Crippen molar-refractivity contribution in [2.45, 2.75) is 38.3 Å².